The van der Waals surface area contributed by atoms with Crippen molar-refractivity contribution >= 4 is 5.91 Å². The lowest BCUT2D eigenvalue weighted by Crippen LogP contribution is -2.54. The van der Waals surface area contributed by atoms with Crippen LogP contribution in [0.25, 0.3) is 0 Å². The van der Waals surface area contributed by atoms with E-state index in [2.05, 4.69) is 17.1 Å². The summed E-state index contributed by atoms with van der Waals surface area (Å²) in [7, 11) is 0. The minimum absolute atomic E-state index is 0.362. The number of carbonyl (C=O) groups excluding carboxylic acids is 1. The summed E-state index contributed by atoms with van der Waals surface area (Å²) < 4.78 is 0. The molecule has 1 amide bonds. The third kappa shape index (κ3) is 1.70. The molecule has 0 aromatic carbocycles. The summed E-state index contributed by atoms with van der Waals surface area (Å²) in [5.74, 6) is 0.765. The van der Waals surface area contributed by atoms with Crippen molar-refractivity contribution in [2.24, 2.45) is 5.92 Å². The van der Waals surface area contributed by atoms with Crippen molar-refractivity contribution in [2.45, 2.75) is 32.2 Å². The Hall–Kier alpha value is -0.570. The Morgan fingerprint density at radius 3 is 2.77 bits per heavy atom. The van der Waals surface area contributed by atoms with Crippen molar-refractivity contribution in [3.05, 3.63) is 0 Å². The molecule has 1 aliphatic heterocycles. The molecule has 2 rings (SSSR count). The third-order valence-corrected chi connectivity index (χ3v) is 3.24. The maximum Gasteiger partial charge on any atom is 0.226 e. The van der Waals surface area contributed by atoms with Gasteiger partial charge in [0.05, 0.1) is 0 Å². The van der Waals surface area contributed by atoms with E-state index in [0.717, 1.165) is 32.5 Å². The van der Waals surface area contributed by atoms with Gasteiger partial charge in [-0.2, -0.15) is 0 Å². The summed E-state index contributed by atoms with van der Waals surface area (Å²) in [5, 5.41) is 3.30. The van der Waals surface area contributed by atoms with Crippen LogP contribution in [0.5, 0.6) is 0 Å². The summed E-state index contributed by atoms with van der Waals surface area (Å²) in [5.41, 5.74) is 0. The quantitative estimate of drug-likeness (QED) is 0.644. The molecule has 3 heteroatoms. The van der Waals surface area contributed by atoms with E-state index in [9.17, 15) is 4.79 Å². The van der Waals surface area contributed by atoms with Gasteiger partial charge in [0.15, 0.2) is 0 Å². The molecule has 0 bridgehead atoms. The maximum atomic E-state index is 11.9. The highest BCUT2D eigenvalue weighted by Crippen LogP contribution is 2.28. The zero-order chi connectivity index (χ0) is 9.26. The van der Waals surface area contributed by atoms with E-state index in [4.69, 9.17) is 0 Å². The second-order valence-electron chi connectivity index (χ2n) is 4.21. The van der Waals surface area contributed by atoms with Crippen molar-refractivity contribution in [1.82, 2.24) is 10.2 Å². The molecule has 1 atom stereocenters. The first-order chi connectivity index (χ1) is 6.29. The van der Waals surface area contributed by atoms with Crippen LogP contribution in [0.2, 0.25) is 0 Å². The lowest BCUT2D eigenvalue weighted by molar-refractivity contribution is -0.141. The van der Waals surface area contributed by atoms with Crippen LogP contribution in [0.4, 0.5) is 0 Å². The fraction of sp³-hybridized carbons (Fsp3) is 0.900. The summed E-state index contributed by atoms with van der Waals surface area (Å²) in [6.07, 6.45) is 3.49. The van der Waals surface area contributed by atoms with Gasteiger partial charge >= 0.3 is 0 Å². The summed E-state index contributed by atoms with van der Waals surface area (Å²) in [6, 6.07) is 0.391. The van der Waals surface area contributed by atoms with Crippen LogP contribution >= 0.6 is 0 Å². The lowest BCUT2D eigenvalue weighted by atomic mass is 9.84. The smallest absolute Gasteiger partial charge is 0.226 e. The lowest BCUT2D eigenvalue weighted by Gasteiger charge is -2.38. The predicted octanol–water partition coefficient (Wildman–Crippen LogP) is 0.607. The topological polar surface area (TPSA) is 32.3 Å². The number of hydrogen-bond acceptors (Lipinski definition) is 2. The molecule has 0 radical (unpaired) electrons. The average Bonchev–Trinajstić information content (AvgIpc) is 2.01. The van der Waals surface area contributed by atoms with E-state index < -0.39 is 0 Å². The molecule has 2 aliphatic rings. The van der Waals surface area contributed by atoms with Gasteiger partial charge < -0.3 is 10.2 Å². The van der Waals surface area contributed by atoms with Crippen LogP contribution in [0.1, 0.15) is 26.2 Å². The fourth-order valence-corrected chi connectivity index (χ4v) is 2.06. The number of nitrogens with zero attached hydrogens (tertiary/aromatic N) is 1. The molecule has 0 aromatic rings. The SMILES string of the molecule is CC1CNCCN1C(=O)C1CCC1. The molecule has 2 fully saturated rings. The number of hydrogen-bond donors (Lipinski definition) is 1. The van der Waals surface area contributed by atoms with Crippen LogP contribution in [-0.4, -0.2) is 36.5 Å². The normalized spacial score (nSPS) is 29.9. The van der Waals surface area contributed by atoms with Crippen molar-refractivity contribution in [3.8, 4) is 0 Å². The van der Waals surface area contributed by atoms with E-state index in [-0.39, 0.29) is 0 Å². The standard InChI is InChI=1S/C10H18N2O/c1-8-7-11-5-6-12(8)10(13)9-3-2-4-9/h8-9,11H,2-7H2,1H3. The van der Waals surface area contributed by atoms with Gasteiger partial charge in [0.25, 0.3) is 0 Å². The zero-order valence-electron chi connectivity index (χ0n) is 8.25. The second-order valence-corrected chi connectivity index (χ2v) is 4.21. The number of piperazine rings is 1. The molecular weight excluding hydrogens is 164 g/mol. The number of nitrogens with one attached hydrogen (secondary N) is 1. The van der Waals surface area contributed by atoms with Crippen molar-refractivity contribution in [1.29, 1.82) is 0 Å². The van der Waals surface area contributed by atoms with Crippen molar-refractivity contribution in [3.63, 3.8) is 0 Å². The van der Waals surface area contributed by atoms with Gasteiger partial charge in [0, 0.05) is 31.6 Å². The van der Waals surface area contributed by atoms with Gasteiger partial charge in [-0.15, -0.1) is 0 Å². The molecule has 0 aromatic heterocycles. The van der Waals surface area contributed by atoms with E-state index in [1.807, 2.05) is 0 Å². The van der Waals surface area contributed by atoms with Gasteiger partial charge in [-0.05, 0) is 19.8 Å². The first-order valence-corrected chi connectivity index (χ1v) is 5.30. The Balaban J connectivity index is 1.93. The summed E-state index contributed by atoms with van der Waals surface area (Å²) in [4.78, 5) is 13.9. The highest BCUT2D eigenvalue weighted by molar-refractivity contribution is 5.80. The summed E-state index contributed by atoms with van der Waals surface area (Å²) in [6.45, 7) is 4.94. The van der Waals surface area contributed by atoms with Gasteiger partial charge in [0.2, 0.25) is 5.91 Å². The van der Waals surface area contributed by atoms with E-state index in [1.54, 1.807) is 0 Å². The number of carbonyl (C=O) groups is 1. The van der Waals surface area contributed by atoms with Gasteiger partial charge in [-0.1, -0.05) is 6.42 Å². The molecule has 3 nitrogen and oxygen atoms in total. The zero-order valence-corrected chi connectivity index (χ0v) is 8.25. The van der Waals surface area contributed by atoms with Crippen LogP contribution in [0.15, 0.2) is 0 Å². The molecular formula is C10H18N2O. The second kappa shape index (κ2) is 3.66. The third-order valence-electron chi connectivity index (χ3n) is 3.24. The van der Waals surface area contributed by atoms with Crippen LogP contribution in [0, 0.1) is 5.92 Å². The molecule has 0 spiro atoms. The average molecular weight is 182 g/mol. The van der Waals surface area contributed by atoms with Crippen LogP contribution in [-0.2, 0) is 4.79 Å². The van der Waals surface area contributed by atoms with E-state index in [0.29, 0.717) is 17.9 Å². The Morgan fingerprint density at radius 1 is 1.46 bits per heavy atom. The molecule has 1 heterocycles. The molecule has 1 aliphatic carbocycles. The predicted molar refractivity (Wildman–Crippen MR) is 51.4 cm³/mol. The largest absolute Gasteiger partial charge is 0.337 e. The van der Waals surface area contributed by atoms with E-state index >= 15 is 0 Å². The maximum absolute atomic E-state index is 11.9. The Labute approximate surface area is 79.5 Å². The molecule has 13 heavy (non-hydrogen) atoms. The Morgan fingerprint density at radius 2 is 2.23 bits per heavy atom. The van der Waals surface area contributed by atoms with Crippen molar-refractivity contribution < 1.29 is 4.79 Å². The van der Waals surface area contributed by atoms with Crippen LogP contribution < -0.4 is 5.32 Å². The number of amides is 1. The minimum atomic E-state index is 0.362. The van der Waals surface area contributed by atoms with E-state index in [1.165, 1.54) is 6.42 Å². The van der Waals surface area contributed by atoms with Gasteiger partial charge in [-0.3, -0.25) is 4.79 Å². The molecule has 1 saturated carbocycles. The molecule has 74 valence electrons. The highest BCUT2D eigenvalue weighted by atomic mass is 16.2. The Bertz CT molecular complexity index is 201. The first-order valence-electron chi connectivity index (χ1n) is 5.30. The minimum Gasteiger partial charge on any atom is -0.337 e. The first kappa shape index (κ1) is 9.00. The fourth-order valence-electron chi connectivity index (χ4n) is 2.06. The van der Waals surface area contributed by atoms with Crippen LogP contribution in [0.3, 0.4) is 0 Å². The van der Waals surface area contributed by atoms with Gasteiger partial charge in [-0.25, -0.2) is 0 Å². The number of rotatable bonds is 1. The summed E-state index contributed by atoms with van der Waals surface area (Å²) >= 11 is 0. The molecule has 1 N–H and O–H groups in total. The molecule has 1 unspecified atom stereocenters. The monoisotopic (exact) mass is 182 g/mol. The molecule has 1 saturated heterocycles. The highest BCUT2D eigenvalue weighted by Gasteiger charge is 2.32. The van der Waals surface area contributed by atoms with Gasteiger partial charge in [0.1, 0.15) is 0 Å². The van der Waals surface area contributed by atoms with Crippen molar-refractivity contribution in [2.75, 3.05) is 19.6 Å². The Kier molecular flexibility index (Phi) is 2.54.